The van der Waals surface area contributed by atoms with Gasteiger partial charge in [0, 0.05) is 18.0 Å². The molecule has 0 atom stereocenters. The SMILES string of the molecule is CC(C)CCNC(=O)Cc1csc(NC(=O)CN(C(=O)c2ccccc2Cl)C(C)C)n1. The van der Waals surface area contributed by atoms with Crippen LogP contribution in [0, 0.1) is 5.92 Å². The molecule has 2 rings (SSSR count). The van der Waals surface area contributed by atoms with Gasteiger partial charge in [0.2, 0.25) is 11.8 Å². The molecule has 0 aliphatic heterocycles. The molecule has 168 valence electrons. The molecule has 0 radical (unpaired) electrons. The Kier molecular flexibility index (Phi) is 9.45. The van der Waals surface area contributed by atoms with Crippen LogP contribution in [0.1, 0.15) is 50.2 Å². The van der Waals surface area contributed by atoms with Crippen molar-refractivity contribution in [2.24, 2.45) is 5.92 Å². The van der Waals surface area contributed by atoms with Crippen molar-refractivity contribution in [1.82, 2.24) is 15.2 Å². The molecule has 0 aliphatic carbocycles. The van der Waals surface area contributed by atoms with Gasteiger partial charge >= 0.3 is 0 Å². The molecule has 7 nitrogen and oxygen atoms in total. The topological polar surface area (TPSA) is 91.4 Å². The molecule has 2 N–H and O–H groups in total. The van der Waals surface area contributed by atoms with Crippen molar-refractivity contribution >= 4 is 45.8 Å². The summed E-state index contributed by atoms with van der Waals surface area (Å²) in [4.78, 5) is 43.1. The number of benzene rings is 1. The lowest BCUT2D eigenvalue weighted by Crippen LogP contribution is -2.42. The van der Waals surface area contributed by atoms with E-state index < -0.39 is 0 Å². The molecule has 1 heterocycles. The molecule has 1 aromatic heterocycles. The van der Waals surface area contributed by atoms with Crippen LogP contribution in [0.5, 0.6) is 0 Å². The van der Waals surface area contributed by atoms with E-state index in [0.717, 1.165) is 6.42 Å². The number of anilines is 1. The van der Waals surface area contributed by atoms with Gasteiger partial charge in [0.25, 0.3) is 5.91 Å². The van der Waals surface area contributed by atoms with E-state index in [0.29, 0.717) is 33.9 Å². The van der Waals surface area contributed by atoms with E-state index in [9.17, 15) is 14.4 Å². The Morgan fingerprint density at radius 2 is 1.84 bits per heavy atom. The molecule has 0 spiro atoms. The van der Waals surface area contributed by atoms with Crippen molar-refractivity contribution < 1.29 is 14.4 Å². The van der Waals surface area contributed by atoms with Gasteiger partial charge in [-0.2, -0.15) is 0 Å². The van der Waals surface area contributed by atoms with Crippen LogP contribution in [0.15, 0.2) is 29.6 Å². The minimum Gasteiger partial charge on any atom is -0.356 e. The van der Waals surface area contributed by atoms with Gasteiger partial charge in [-0.05, 0) is 38.3 Å². The molecule has 2 aromatic rings. The van der Waals surface area contributed by atoms with Gasteiger partial charge in [-0.15, -0.1) is 11.3 Å². The third kappa shape index (κ3) is 7.95. The summed E-state index contributed by atoms with van der Waals surface area (Å²) in [6, 6.07) is 6.56. The Hall–Kier alpha value is -2.45. The van der Waals surface area contributed by atoms with Crippen LogP contribution in [0.25, 0.3) is 0 Å². The predicted molar refractivity (Wildman–Crippen MR) is 125 cm³/mol. The van der Waals surface area contributed by atoms with Crippen LogP contribution in [0.4, 0.5) is 5.13 Å². The Bertz CT molecular complexity index is 914. The summed E-state index contributed by atoms with van der Waals surface area (Å²) in [7, 11) is 0. The van der Waals surface area contributed by atoms with Gasteiger partial charge in [0.05, 0.1) is 22.7 Å². The molecule has 31 heavy (non-hydrogen) atoms. The monoisotopic (exact) mass is 464 g/mol. The highest BCUT2D eigenvalue weighted by Gasteiger charge is 2.23. The van der Waals surface area contributed by atoms with Crippen molar-refractivity contribution in [3.8, 4) is 0 Å². The summed E-state index contributed by atoms with van der Waals surface area (Å²) in [5, 5.41) is 8.05. The Morgan fingerprint density at radius 1 is 1.13 bits per heavy atom. The number of rotatable bonds is 10. The first kappa shape index (κ1) is 24.8. The van der Waals surface area contributed by atoms with Crippen molar-refractivity contribution in [2.75, 3.05) is 18.4 Å². The second kappa shape index (κ2) is 11.8. The van der Waals surface area contributed by atoms with Crippen LogP contribution >= 0.6 is 22.9 Å². The summed E-state index contributed by atoms with van der Waals surface area (Å²) in [6.45, 7) is 8.37. The summed E-state index contributed by atoms with van der Waals surface area (Å²) < 4.78 is 0. The molecule has 0 fully saturated rings. The van der Waals surface area contributed by atoms with Crippen LogP contribution < -0.4 is 10.6 Å². The molecular formula is C22H29ClN4O3S. The van der Waals surface area contributed by atoms with E-state index in [1.165, 1.54) is 16.2 Å². The zero-order valence-electron chi connectivity index (χ0n) is 18.3. The molecule has 0 aliphatic rings. The number of nitrogens with zero attached hydrogens (tertiary/aromatic N) is 2. The summed E-state index contributed by atoms with van der Waals surface area (Å²) in [6.07, 6.45) is 1.08. The average molecular weight is 465 g/mol. The highest BCUT2D eigenvalue weighted by atomic mass is 35.5. The standard InChI is InChI=1S/C22H29ClN4O3S/c1-14(2)9-10-24-19(28)11-16-13-31-22(25-16)26-20(29)12-27(15(3)4)21(30)17-7-5-6-8-18(17)23/h5-8,13-15H,9-12H2,1-4H3,(H,24,28)(H,25,26,29). The van der Waals surface area contributed by atoms with Crippen LogP contribution in [0.3, 0.4) is 0 Å². The zero-order chi connectivity index (χ0) is 23.0. The molecule has 0 saturated carbocycles. The van der Waals surface area contributed by atoms with Gasteiger partial charge in [0.15, 0.2) is 5.13 Å². The van der Waals surface area contributed by atoms with E-state index in [2.05, 4.69) is 29.5 Å². The maximum atomic E-state index is 12.9. The lowest BCUT2D eigenvalue weighted by Gasteiger charge is -2.26. The fourth-order valence-electron chi connectivity index (χ4n) is 2.76. The van der Waals surface area contributed by atoms with Gasteiger partial charge in [-0.1, -0.05) is 37.6 Å². The molecule has 0 bridgehead atoms. The quantitative estimate of drug-likeness (QED) is 0.556. The number of hydrogen-bond acceptors (Lipinski definition) is 5. The third-order valence-corrected chi connectivity index (χ3v) is 5.62. The average Bonchev–Trinajstić information content (AvgIpc) is 3.12. The van der Waals surface area contributed by atoms with Crippen molar-refractivity contribution in [3.63, 3.8) is 0 Å². The highest BCUT2D eigenvalue weighted by molar-refractivity contribution is 7.13. The summed E-state index contributed by atoms with van der Waals surface area (Å²) >= 11 is 7.38. The molecular weight excluding hydrogens is 436 g/mol. The molecule has 1 aromatic carbocycles. The van der Waals surface area contributed by atoms with Gasteiger partial charge in [-0.3, -0.25) is 14.4 Å². The van der Waals surface area contributed by atoms with E-state index >= 15 is 0 Å². The molecule has 0 unspecified atom stereocenters. The Balaban J connectivity index is 1.93. The van der Waals surface area contributed by atoms with Gasteiger partial charge in [0.1, 0.15) is 6.54 Å². The lowest BCUT2D eigenvalue weighted by atomic mass is 10.1. The van der Waals surface area contributed by atoms with Crippen LogP contribution in [-0.4, -0.2) is 46.7 Å². The molecule has 9 heteroatoms. The first-order valence-electron chi connectivity index (χ1n) is 10.2. The summed E-state index contributed by atoms with van der Waals surface area (Å²) in [5.74, 6) is -0.248. The van der Waals surface area contributed by atoms with Crippen LogP contribution in [0.2, 0.25) is 5.02 Å². The zero-order valence-corrected chi connectivity index (χ0v) is 19.8. The molecule has 3 amide bonds. The van der Waals surface area contributed by atoms with Crippen molar-refractivity contribution in [3.05, 3.63) is 45.9 Å². The van der Waals surface area contributed by atoms with E-state index in [1.807, 2.05) is 13.8 Å². The second-order valence-corrected chi connectivity index (χ2v) is 9.17. The number of amides is 3. The lowest BCUT2D eigenvalue weighted by molar-refractivity contribution is -0.120. The first-order chi connectivity index (χ1) is 14.7. The highest BCUT2D eigenvalue weighted by Crippen LogP contribution is 2.19. The van der Waals surface area contributed by atoms with Gasteiger partial charge < -0.3 is 15.5 Å². The maximum absolute atomic E-state index is 12.9. The van der Waals surface area contributed by atoms with E-state index in [-0.39, 0.29) is 36.7 Å². The number of hydrogen-bond donors (Lipinski definition) is 2. The summed E-state index contributed by atoms with van der Waals surface area (Å²) in [5.41, 5.74) is 0.945. The third-order valence-electron chi connectivity index (χ3n) is 4.49. The number of halogens is 1. The predicted octanol–water partition coefficient (Wildman–Crippen LogP) is 3.99. The van der Waals surface area contributed by atoms with Crippen molar-refractivity contribution in [2.45, 2.75) is 46.6 Å². The number of nitrogens with one attached hydrogen (secondary N) is 2. The normalized spacial score (nSPS) is 10.9. The number of aromatic nitrogens is 1. The second-order valence-electron chi connectivity index (χ2n) is 7.91. The smallest absolute Gasteiger partial charge is 0.256 e. The minimum atomic E-state index is -0.364. The van der Waals surface area contributed by atoms with E-state index in [4.69, 9.17) is 11.6 Å². The van der Waals surface area contributed by atoms with E-state index in [1.54, 1.807) is 29.6 Å². The molecule has 0 saturated heterocycles. The maximum Gasteiger partial charge on any atom is 0.256 e. The number of carbonyl (C=O) groups is 3. The fourth-order valence-corrected chi connectivity index (χ4v) is 3.71. The fraction of sp³-hybridized carbons (Fsp3) is 0.455. The van der Waals surface area contributed by atoms with Crippen LogP contribution in [-0.2, 0) is 16.0 Å². The Morgan fingerprint density at radius 3 is 2.48 bits per heavy atom. The minimum absolute atomic E-state index is 0.0971. The first-order valence-corrected chi connectivity index (χ1v) is 11.5. The number of carbonyl (C=O) groups excluding carboxylic acids is 3. The van der Waals surface area contributed by atoms with Crippen molar-refractivity contribution in [1.29, 1.82) is 0 Å². The van der Waals surface area contributed by atoms with Gasteiger partial charge in [-0.25, -0.2) is 4.98 Å². The Labute approximate surface area is 192 Å². The number of thiazole rings is 1. The largest absolute Gasteiger partial charge is 0.356 e.